The molecule has 0 rings (SSSR count). The summed E-state index contributed by atoms with van der Waals surface area (Å²) in [4.78, 5) is 0. The summed E-state index contributed by atoms with van der Waals surface area (Å²) in [7, 11) is -10.5. The Balaban J connectivity index is 0. The molecule has 0 aliphatic carbocycles. The Kier molecular flexibility index (Phi) is 5.14. The average molecular weight is 251 g/mol. The highest BCUT2D eigenvalue weighted by Crippen LogP contribution is 2.20. The number of hydrogen-bond donors (Lipinski definition) is 2. The minimum atomic E-state index is -5.84. The van der Waals surface area contributed by atoms with Gasteiger partial charge in [0.15, 0.2) is 0 Å². The van der Waals surface area contributed by atoms with E-state index in [1.807, 2.05) is 0 Å². The van der Waals surface area contributed by atoms with Crippen molar-refractivity contribution >= 4 is 10.1 Å². The third-order valence-electron chi connectivity index (χ3n) is 0.292. The number of halogens is 4. The average Bonchev–Trinajstić information content (AvgIpc) is 1.50. The molecule has 0 fully saturated rings. The zero-order valence-electron chi connectivity index (χ0n) is 5.36. The summed E-state index contributed by atoms with van der Waals surface area (Å²) >= 11 is 0. The molecule has 0 saturated heterocycles. The Bertz CT molecular complexity index is 229. The van der Waals surface area contributed by atoms with E-state index in [1.165, 1.54) is 0 Å². The van der Waals surface area contributed by atoms with E-state index in [9.17, 15) is 13.2 Å². The first kappa shape index (κ1) is 15.3. The summed E-state index contributed by atoms with van der Waals surface area (Å²) < 4.78 is 90.3. The van der Waals surface area contributed by atoms with Crippen LogP contribution in [0.1, 0.15) is 0 Å². The van der Waals surface area contributed by atoms with Crippen LogP contribution in [0.4, 0.5) is 13.2 Å². The van der Waals surface area contributed by atoms with Gasteiger partial charge in [-0.05, 0) is 0 Å². The fraction of sp³-hybridized carbons (Fsp3) is 1.00. The lowest BCUT2D eigenvalue weighted by Crippen LogP contribution is -2.58. The molecule has 0 heterocycles. The summed E-state index contributed by atoms with van der Waals surface area (Å²) in [6.07, 6.45) is 0. The second-order valence-electron chi connectivity index (χ2n) is 1.32. The van der Waals surface area contributed by atoms with Crippen molar-refractivity contribution in [3.05, 3.63) is 0 Å². The molecule has 0 aliphatic heterocycles. The van der Waals surface area contributed by atoms with Gasteiger partial charge >= 0.3 is 15.6 Å². The molecule has 0 aromatic rings. The van der Waals surface area contributed by atoms with Gasteiger partial charge in [0.2, 0.25) is 0 Å². The zero-order chi connectivity index (χ0) is 11.5. The van der Waals surface area contributed by atoms with E-state index in [1.54, 1.807) is 0 Å². The second kappa shape index (κ2) is 4.36. The smallest absolute Gasteiger partial charge is 0.279 e. The van der Waals surface area contributed by atoms with E-state index in [4.69, 9.17) is 31.6 Å². The van der Waals surface area contributed by atoms with Gasteiger partial charge in [0.25, 0.3) is 0 Å². The predicted octanol–water partition coefficient (Wildman–Crippen LogP) is -3.73. The summed E-state index contributed by atoms with van der Waals surface area (Å²) in [5.74, 6) is 0. The van der Waals surface area contributed by atoms with Crippen molar-refractivity contribution in [1.82, 2.24) is 0 Å². The molecular formula is CH2ClF3O7S. The van der Waals surface area contributed by atoms with Gasteiger partial charge in [0.1, 0.15) is 0 Å². The van der Waals surface area contributed by atoms with E-state index in [0.29, 0.717) is 0 Å². The summed E-state index contributed by atoms with van der Waals surface area (Å²) in [6.45, 7) is 0. The topological polar surface area (TPSA) is 144 Å². The van der Waals surface area contributed by atoms with Crippen LogP contribution in [0.3, 0.4) is 0 Å². The highest BCUT2D eigenvalue weighted by atomic mass is 35.7. The first-order valence-corrected chi connectivity index (χ1v) is 4.62. The van der Waals surface area contributed by atoms with Gasteiger partial charge in [-0.3, -0.25) is 4.55 Å². The number of alkyl halides is 3. The Morgan fingerprint density at radius 3 is 1.23 bits per heavy atom. The van der Waals surface area contributed by atoms with Gasteiger partial charge in [-0.1, -0.05) is 0 Å². The lowest BCUT2D eigenvalue weighted by molar-refractivity contribution is -1.92. The van der Waals surface area contributed by atoms with Crippen LogP contribution in [-0.2, 0) is 10.1 Å². The molecule has 0 atom stereocenters. The molecule has 0 aromatic heterocycles. The fourth-order valence-electron chi connectivity index (χ4n) is 0. The highest BCUT2D eigenvalue weighted by molar-refractivity contribution is 7.86. The normalized spacial score (nSPS) is 13.2. The third kappa shape index (κ3) is 14.7. The first-order valence-electron chi connectivity index (χ1n) is 1.92. The molecule has 0 bridgehead atoms. The van der Waals surface area contributed by atoms with Gasteiger partial charge in [-0.15, -0.1) is 0 Å². The minimum Gasteiger partial charge on any atom is -0.279 e. The van der Waals surface area contributed by atoms with Crippen molar-refractivity contribution in [2.75, 3.05) is 0 Å². The Labute approximate surface area is 71.5 Å². The fourth-order valence-corrected chi connectivity index (χ4v) is 0. The van der Waals surface area contributed by atoms with Gasteiger partial charge < -0.3 is 0 Å². The van der Waals surface area contributed by atoms with Crippen molar-refractivity contribution in [2.24, 2.45) is 0 Å². The Morgan fingerprint density at radius 2 is 1.23 bits per heavy atom. The molecule has 82 valence electrons. The minimum absolute atomic E-state index is 4.69. The van der Waals surface area contributed by atoms with Crippen LogP contribution in [0.2, 0.25) is 0 Å². The quantitative estimate of drug-likeness (QED) is 0.332. The Hall–Kier alpha value is -0.170. The van der Waals surface area contributed by atoms with Crippen molar-refractivity contribution in [3.8, 4) is 0 Å². The second-order valence-corrected chi connectivity index (χ2v) is 3.52. The van der Waals surface area contributed by atoms with Gasteiger partial charge in [0, 0.05) is 0 Å². The number of rotatable bonds is 0. The summed E-state index contributed by atoms with van der Waals surface area (Å²) in [5, 5.41) is 0. The summed E-state index contributed by atoms with van der Waals surface area (Å²) in [5.41, 5.74) is -5.53. The van der Waals surface area contributed by atoms with Crippen LogP contribution < -0.4 is 14.0 Å². The SMILES string of the molecule is O=S(=O)(O)C(F)(F)F.[O-][Cl+3]([O-])([O-])O. The van der Waals surface area contributed by atoms with E-state index < -0.39 is 25.9 Å². The predicted molar refractivity (Wildman–Crippen MR) is 19.8 cm³/mol. The van der Waals surface area contributed by atoms with Gasteiger partial charge in [0.05, 0.1) is 14.9 Å². The Morgan fingerprint density at radius 1 is 1.15 bits per heavy atom. The molecule has 7 nitrogen and oxygen atoms in total. The van der Waals surface area contributed by atoms with Crippen LogP contribution in [0, 0.1) is 10.2 Å². The van der Waals surface area contributed by atoms with E-state index in [-0.39, 0.29) is 0 Å². The zero-order valence-corrected chi connectivity index (χ0v) is 6.93. The van der Waals surface area contributed by atoms with Crippen LogP contribution in [0.25, 0.3) is 0 Å². The van der Waals surface area contributed by atoms with Gasteiger partial charge in [-0.2, -0.15) is 35.6 Å². The molecule has 0 amide bonds. The maximum Gasteiger partial charge on any atom is 0.522 e. The highest BCUT2D eigenvalue weighted by Gasteiger charge is 2.44. The van der Waals surface area contributed by atoms with E-state index in [0.717, 1.165) is 0 Å². The van der Waals surface area contributed by atoms with Gasteiger partial charge in [-0.25, -0.2) is 0 Å². The molecule has 12 heteroatoms. The third-order valence-corrected chi connectivity index (χ3v) is 0.877. The van der Waals surface area contributed by atoms with Crippen LogP contribution in [0.5, 0.6) is 0 Å². The molecule has 0 saturated carbocycles. The van der Waals surface area contributed by atoms with Crippen LogP contribution in [-0.4, -0.2) is 23.1 Å². The van der Waals surface area contributed by atoms with Crippen molar-refractivity contribution in [3.63, 3.8) is 0 Å². The molecule has 13 heavy (non-hydrogen) atoms. The van der Waals surface area contributed by atoms with Crippen LogP contribution in [0.15, 0.2) is 0 Å². The molecule has 0 spiro atoms. The maximum absolute atomic E-state index is 10.7. The largest absolute Gasteiger partial charge is 0.522 e. The molecular weight excluding hydrogens is 249 g/mol. The molecule has 0 aliphatic rings. The molecule has 2 N–H and O–H groups in total. The van der Waals surface area contributed by atoms with E-state index in [2.05, 4.69) is 0 Å². The number of hydrogen-bond acceptors (Lipinski definition) is 6. The summed E-state index contributed by atoms with van der Waals surface area (Å²) in [6, 6.07) is 0. The van der Waals surface area contributed by atoms with Crippen molar-refractivity contribution < 1.29 is 55.0 Å². The lowest BCUT2D eigenvalue weighted by Gasteiger charge is -2.03. The molecule has 0 unspecified atom stereocenters. The van der Waals surface area contributed by atoms with E-state index >= 15 is 0 Å². The maximum atomic E-state index is 10.7. The standard InChI is InChI=1S/CHF3O3S.ClHO4/c2-1(3,4)8(5,6)7;2-1(3,4)5/h(H,5,6,7);(H,2,3,4,5). The van der Waals surface area contributed by atoms with Crippen molar-refractivity contribution in [2.45, 2.75) is 5.51 Å². The molecule has 0 aromatic carbocycles. The first-order chi connectivity index (χ1) is 5.25. The molecule has 0 radical (unpaired) electrons. The van der Waals surface area contributed by atoms with Crippen LogP contribution >= 0.6 is 0 Å². The van der Waals surface area contributed by atoms with Crippen molar-refractivity contribution in [1.29, 1.82) is 0 Å². The monoisotopic (exact) mass is 250 g/mol. The lowest BCUT2D eigenvalue weighted by atomic mass is 11.6.